The van der Waals surface area contributed by atoms with Crippen LogP contribution in [0.1, 0.15) is 37.8 Å². The highest BCUT2D eigenvalue weighted by Gasteiger charge is 2.25. The first kappa shape index (κ1) is 23.7. The van der Waals surface area contributed by atoms with Crippen molar-refractivity contribution in [3.63, 3.8) is 0 Å². The maximum Gasteiger partial charge on any atom is 0.329 e. The molecular formula is C28H31N3O3. The molecule has 1 aliphatic rings. The monoisotopic (exact) mass is 457 g/mol. The van der Waals surface area contributed by atoms with Crippen molar-refractivity contribution >= 4 is 5.97 Å². The fourth-order valence-electron chi connectivity index (χ4n) is 4.92. The van der Waals surface area contributed by atoms with Crippen LogP contribution in [-0.2, 0) is 22.5 Å². The minimum atomic E-state index is -0.916. The van der Waals surface area contributed by atoms with Gasteiger partial charge in [-0.3, -0.25) is 4.68 Å². The highest BCUT2D eigenvalue weighted by Crippen LogP contribution is 2.37. The first-order valence-corrected chi connectivity index (χ1v) is 12.0. The molecule has 0 radical (unpaired) electrons. The molecule has 0 bridgehead atoms. The number of nitriles is 1. The zero-order chi connectivity index (χ0) is 23.8. The minimum absolute atomic E-state index is 0.222. The van der Waals surface area contributed by atoms with Gasteiger partial charge in [-0.2, -0.15) is 10.4 Å². The third-order valence-corrected chi connectivity index (χ3v) is 6.62. The van der Waals surface area contributed by atoms with Gasteiger partial charge < -0.3 is 9.84 Å². The molecule has 0 unspecified atom stereocenters. The van der Waals surface area contributed by atoms with Crippen molar-refractivity contribution in [2.24, 2.45) is 11.8 Å². The van der Waals surface area contributed by atoms with Crippen LogP contribution in [0, 0.1) is 23.2 Å². The van der Waals surface area contributed by atoms with Crippen LogP contribution >= 0.6 is 0 Å². The molecule has 6 nitrogen and oxygen atoms in total. The Hall–Kier alpha value is -3.43. The van der Waals surface area contributed by atoms with Gasteiger partial charge in [-0.25, -0.2) is 4.79 Å². The second-order valence-corrected chi connectivity index (χ2v) is 9.04. The van der Waals surface area contributed by atoms with Gasteiger partial charge in [-0.1, -0.05) is 60.7 Å². The maximum absolute atomic E-state index is 10.7. The second kappa shape index (κ2) is 11.6. The van der Waals surface area contributed by atoms with E-state index in [9.17, 15) is 10.1 Å². The van der Waals surface area contributed by atoms with Crippen LogP contribution in [0.15, 0.2) is 60.7 Å². The number of carboxylic acid groups (broad SMARTS) is 1. The Labute approximate surface area is 200 Å². The molecule has 0 spiro atoms. The van der Waals surface area contributed by atoms with Crippen LogP contribution < -0.4 is 0 Å². The minimum Gasteiger partial charge on any atom is -0.480 e. The van der Waals surface area contributed by atoms with E-state index in [1.165, 1.54) is 0 Å². The molecule has 1 N–H and O–H groups in total. The van der Waals surface area contributed by atoms with Crippen molar-refractivity contribution in [2.75, 3.05) is 13.2 Å². The molecule has 0 atom stereocenters. The summed E-state index contributed by atoms with van der Waals surface area (Å²) in [5.41, 5.74) is 5.42. The normalized spacial score (nSPS) is 17.9. The van der Waals surface area contributed by atoms with Crippen molar-refractivity contribution in [1.82, 2.24) is 9.78 Å². The summed E-state index contributed by atoms with van der Waals surface area (Å²) in [6.45, 7) is 1.13. The zero-order valence-corrected chi connectivity index (χ0v) is 19.4. The number of hydrogen-bond donors (Lipinski definition) is 1. The molecule has 1 aromatic heterocycles. The van der Waals surface area contributed by atoms with Crippen LogP contribution in [0.25, 0.3) is 22.4 Å². The van der Waals surface area contributed by atoms with E-state index in [0.29, 0.717) is 31.3 Å². The SMILES string of the molecule is N#CCCc1c(-c2ccccc2)c(-c2ccccc2)nn1C[C@H]1CC[C@H](COCC(=O)O)CC1. The highest BCUT2D eigenvalue weighted by molar-refractivity contribution is 5.82. The number of ether oxygens (including phenoxy) is 1. The molecule has 1 saturated carbocycles. The van der Waals surface area contributed by atoms with E-state index in [0.717, 1.165) is 60.3 Å². The van der Waals surface area contributed by atoms with Gasteiger partial charge in [0.25, 0.3) is 0 Å². The molecule has 176 valence electrons. The number of hydrogen-bond acceptors (Lipinski definition) is 4. The Kier molecular flexibility index (Phi) is 8.11. The first-order valence-electron chi connectivity index (χ1n) is 12.0. The molecule has 34 heavy (non-hydrogen) atoms. The topological polar surface area (TPSA) is 88.1 Å². The molecule has 0 amide bonds. The van der Waals surface area contributed by atoms with Crippen molar-refractivity contribution in [2.45, 2.75) is 45.1 Å². The number of carbonyl (C=O) groups is 1. The lowest BCUT2D eigenvalue weighted by Crippen LogP contribution is -2.23. The summed E-state index contributed by atoms with van der Waals surface area (Å²) in [6, 6.07) is 22.9. The summed E-state index contributed by atoms with van der Waals surface area (Å²) in [6.07, 6.45) is 5.33. The smallest absolute Gasteiger partial charge is 0.329 e. The number of aromatic nitrogens is 2. The van der Waals surface area contributed by atoms with Crippen LogP contribution in [0.5, 0.6) is 0 Å². The van der Waals surface area contributed by atoms with Crippen LogP contribution in [0.3, 0.4) is 0 Å². The molecular weight excluding hydrogens is 426 g/mol. The van der Waals surface area contributed by atoms with E-state index in [1.807, 2.05) is 36.4 Å². The van der Waals surface area contributed by atoms with E-state index in [2.05, 4.69) is 35.0 Å². The van der Waals surface area contributed by atoms with Gasteiger partial charge in [0.1, 0.15) is 12.3 Å². The number of benzene rings is 2. The van der Waals surface area contributed by atoms with Crippen molar-refractivity contribution < 1.29 is 14.6 Å². The van der Waals surface area contributed by atoms with Crippen molar-refractivity contribution in [3.05, 3.63) is 66.4 Å². The third-order valence-electron chi connectivity index (χ3n) is 6.62. The Morgan fingerprint density at radius 1 is 1.00 bits per heavy atom. The fourth-order valence-corrected chi connectivity index (χ4v) is 4.92. The molecule has 1 aliphatic carbocycles. The van der Waals surface area contributed by atoms with Crippen LogP contribution in [0.4, 0.5) is 0 Å². The Balaban J connectivity index is 1.58. The molecule has 3 aromatic rings. The van der Waals surface area contributed by atoms with Gasteiger partial charge in [0.2, 0.25) is 0 Å². The van der Waals surface area contributed by atoms with Gasteiger partial charge in [0, 0.05) is 36.2 Å². The molecule has 2 aromatic carbocycles. The van der Waals surface area contributed by atoms with E-state index in [-0.39, 0.29) is 6.61 Å². The Morgan fingerprint density at radius 3 is 2.24 bits per heavy atom. The number of aliphatic carboxylic acids is 1. The average molecular weight is 458 g/mol. The molecule has 0 aliphatic heterocycles. The first-order chi connectivity index (χ1) is 16.7. The largest absolute Gasteiger partial charge is 0.480 e. The van der Waals surface area contributed by atoms with Crippen molar-refractivity contribution in [3.8, 4) is 28.5 Å². The van der Waals surface area contributed by atoms with Crippen LogP contribution in [0.2, 0.25) is 0 Å². The summed E-state index contributed by atoms with van der Waals surface area (Å²) < 4.78 is 7.47. The van der Waals surface area contributed by atoms with Gasteiger partial charge in [-0.05, 0) is 43.1 Å². The van der Waals surface area contributed by atoms with E-state index in [4.69, 9.17) is 14.9 Å². The molecule has 1 fully saturated rings. The van der Waals surface area contributed by atoms with Crippen LogP contribution in [-0.4, -0.2) is 34.1 Å². The average Bonchev–Trinajstić information content (AvgIpc) is 3.22. The van der Waals surface area contributed by atoms with E-state index >= 15 is 0 Å². The number of rotatable bonds is 10. The summed E-state index contributed by atoms with van der Waals surface area (Å²) in [4.78, 5) is 10.7. The quantitative estimate of drug-likeness (QED) is 0.429. The van der Waals surface area contributed by atoms with Gasteiger partial charge in [0.15, 0.2) is 0 Å². The van der Waals surface area contributed by atoms with E-state index < -0.39 is 5.97 Å². The summed E-state index contributed by atoms with van der Waals surface area (Å²) in [5.74, 6) is 0.00968. The maximum atomic E-state index is 10.7. The Morgan fingerprint density at radius 2 is 1.62 bits per heavy atom. The van der Waals surface area contributed by atoms with Gasteiger partial charge in [0.05, 0.1) is 12.7 Å². The Bertz CT molecular complexity index is 1110. The predicted octanol–water partition coefficient (Wildman–Crippen LogP) is 5.58. The predicted molar refractivity (Wildman–Crippen MR) is 131 cm³/mol. The lowest BCUT2D eigenvalue weighted by Gasteiger charge is -2.28. The van der Waals surface area contributed by atoms with Gasteiger partial charge in [-0.15, -0.1) is 0 Å². The molecule has 4 rings (SSSR count). The summed E-state index contributed by atoms with van der Waals surface area (Å²) in [7, 11) is 0. The lowest BCUT2D eigenvalue weighted by molar-refractivity contribution is -0.142. The van der Waals surface area contributed by atoms with Crippen molar-refractivity contribution in [1.29, 1.82) is 5.26 Å². The molecule has 0 saturated heterocycles. The second-order valence-electron chi connectivity index (χ2n) is 9.04. The molecule has 6 heteroatoms. The summed E-state index contributed by atoms with van der Waals surface area (Å²) >= 11 is 0. The highest BCUT2D eigenvalue weighted by atomic mass is 16.5. The fraction of sp³-hybridized carbons (Fsp3) is 0.393. The van der Waals surface area contributed by atoms with E-state index in [1.54, 1.807) is 0 Å². The number of nitrogens with zero attached hydrogens (tertiary/aromatic N) is 3. The standard InChI is InChI=1S/C28H31N3O3/c29-17-7-12-25-27(23-8-3-1-4-9-23)28(24-10-5-2-6-11-24)30-31(25)18-21-13-15-22(16-14-21)19-34-20-26(32)33/h1-6,8-11,21-22H,7,12-16,18-20H2,(H,32,33)/t21-,22-. The lowest BCUT2D eigenvalue weighted by atomic mass is 9.82. The third kappa shape index (κ3) is 5.92. The summed E-state index contributed by atoms with van der Waals surface area (Å²) in [5, 5.41) is 23.2. The zero-order valence-electron chi connectivity index (χ0n) is 19.4. The molecule has 1 heterocycles. The number of carboxylic acids is 1. The van der Waals surface area contributed by atoms with Gasteiger partial charge >= 0.3 is 5.97 Å².